The molecule has 1 aliphatic carbocycles. The van der Waals surface area contributed by atoms with E-state index in [0.717, 1.165) is 18.4 Å². The molecule has 0 bridgehead atoms. The minimum Gasteiger partial charge on any atom is -0.270 e. The highest BCUT2D eigenvalue weighted by molar-refractivity contribution is 5.22. The largest absolute Gasteiger partial charge is 0.270 e. The molecule has 1 unspecified atom stereocenters. The van der Waals surface area contributed by atoms with Gasteiger partial charge < -0.3 is 0 Å². The van der Waals surface area contributed by atoms with Gasteiger partial charge in [-0.25, -0.2) is 4.39 Å². The molecular weight excluding hydrogens is 167 g/mol. The zero-order valence-electron chi connectivity index (χ0n) is 8.13. The lowest BCUT2D eigenvalue weighted by atomic mass is 9.97. The van der Waals surface area contributed by atoms with Crippen molar-refractivity contribution in [2.24, 2.45) is 0 Å². The number of hydrogen-bond acceptors (Lipinski definition) is 1. The van der Waals surface area contributed by atoms with Crippen molar-refractivity contribution in [1.82, 2.24) is 9.78 Å². The third kappa shape index (κ3) is 1.47. The molecule has 0 radical (unpaired) electrons. The van der Waals surface area contributed by atoms with E-state index < -0.39 is 6.17 Å². The van der Waals surface area contributed by atoms with Gasteiger partial charge in [0.1, 0.15) is 6.17 Å². The Kier molecular flexibility index (Phi) is 2.10. The van der Waals surface area contributed by atoms with Crippen LogP contribution in [-0.4, -0.2) is 9.78 Å². The lowest BCUT2D eigenvalue weighted by Gasteiger charge is -2.12. The predicted molar refractivity (Wildman–Crippen MR) is 49.4 cm³/mol. The van der Waals surface area contributed by atoms with E-state index in [1.807, 2.05) is 10.9 Å². The molecule has 1 atom stereocenters. The fourth-order valence-electron chi connectivity index (χ4n) is 1.77. The van der Waals surface area contributed by atoms with E-state index >= 15 is 0 Å². The van der Waals surface area contributed by atoms with Crippen molar-refractivity contribution in [3.63, 3.8) is 0 Å². The maximum Gasteiger partial charge on any atom is 0.144 e. The molecule has 0 spiro atoms. The van der Waals surface area contributed by atoms with E-state index in [1.165, 1.54) is 0 Å². The van der Waals surface area contributed by atoms with E-state index in [-0.39, 0.29) is 0 Å². The van der Waals surface area contributed by atoms with Gasteiger partial charge in [0.15, 0.2) is 0 Å². The third-order valence-corrected chi connectivity index (χ3v) is 2.57. The van der Waals surface area contributed by atoms with Gasteiger partial charge in [0, 0.05) is 12.2 Å². The zero-order chi connectivity index (χ0) is 9.42. The molecule has 0 aliphatic heterocycles. The number of fused-ring (bicyclic) bond motifs is 1. The molecule has 0 saturated carbocycles. The summed E-state index contributed by atoms with van der Waals surface area (Å²) < 4.78 is 15.2. The molecule has 0 N–H and O–H groups in total. The molecule has 2 nitrogen and oxygen atoms in total. The van der Waals surface area contributed by atoms with Crippen molar-refractivity contribution in [3.8, 4) is 0 Å². The van der Waals surface area contributed by atoms with Crippen molar-refractivity contribution < 1.29 is 4.39 Å². The van der Waals surface area contributed by atoms with Gasteiger partial charge in [-0.05, 0) is 38.7 Å². The summed E-state index contributed by atoms with van der Waals surface area (Å²) in [6.07, 6.45) is 3.75. The zero-order valence-corrected chi connectivity index (χ0v) is 8.13. The highest BCUT2D eigenvalue weighted by Gasteiger charge is 2.23. The first-order valence-electron chi connectivity index (χ1n) is 4.90. The molecule has 0 amide bonds. The molecular formula is C10H15FN2. The van der Waals surface area contributed by atoms with Gasteiger partial charge >= 0.3 is 0 Å². The summed E-state index contributed by atoms with van der Waals surface area (Å²) in [7, 11) is 0. The standard InChI is InChI=1S/C10H15FN2/c1-7(2)13-6-8-4-3-5-9(11)10(8)12-13/h6-7,9H,3-5H2,1-2H3. The van der Waals surface area contributed by atoms with Gasteiger partial charge in [-0.1, -0.05) is 0 Å². The van der Waals surface area contributed by atoms with Crippen molar-refractivity contribution in [2.75, 3.05) is 0 Å². The van der Waals surface area contributed by atoms with E-state index in [1.54, 1.807) is 0 Å². The summed E-state index contributed by atoms with van der Waals surface area (Å²) in [5, 5.41) is 4.27. The van der Waals surface area contributed by atoms with Crippen LogP contribution in [0.15, 0.2) is 6.20 Å². The lowest BCUT2D eigenvalue weighted by Crippen LogP contribution is -2.05. The Morgan fingerprint density at radius 3 is 3.00 bits per heavy atom. The Labute approximate surface area is 77.8 Å². The van der Waals surface area contributed by atoms with Crippen LogP contribution < -0.4 is 0 Å². The van der Waals surface area contributed by atoms with Crippen LogP contribution in [0.3, 0.4) is 0 Å². The number of alkyl halides is 1. The van der Waals surface area contributed by atoms with Crippen molar-refractivity contribution in [2.45, 2.75) is 45.3 Å². The van der Waals surface area contributed by atoms with Gasteiger partial charge in [0.25, 0.3) is 0 Å². The molecule has 0 saturated heterocycles. The number of rotatable bonds is 1. The Morgan fingerprint density at radius 2 is 2.38 bits per heavy atom. The van der Waals surface area contributed by atoms with Crippen LogP contribution in [-0.2, 0) is 6.42 Å². The van der Waals surface area contributed by atoms with E-state index in [0.29, 0.717) is 18.2 Å². The maximum atomic E-state index is 13.4. The first-order chi connectivity index (χ1) is 6.18. The highest BCUT2D eigenvalue weighted by atomic mass is 19.1. The number of aromatic nitrogens is 2. The average molecular weight is 182 g/mol. The van der Waals surface area contributed by atoms with Gasteiger partial charge in [-0.2, -0.15) is 5.10 Å². The molecule has 0 fully saturated rings. The molecule has 1 heterocycles. The first-order valence-corrected chi connectivity index (χ1v) is 4.90. The Hall–Kier alpha value is -0.860. The van der Waals surface area contributed by atoms with E-state index in [2.05, 4.69) is 18.9 Å². The van der Waals surface area contributed by atoms with Crippen LogP contribution in [0.1, 0.15) is 50.2 Å². The summed E-state index contributed by atoms with van der Waals surface area (Å²) in [5.74, 6) is 0. The van der Waals surface area contributed by atoms with Crippen molar-refractivity contribution in [1.29, 1.82) is 0 Å². The Bertz CT molecular complexity index is 304. The second kappa shape index (κ2) is 3.13. The fraction of sp³-hybridized carbons (Fsp3) is 0.700. The third-order valence-electron chi connectivity index (χ3n) is 2.57. The van der Waals surface area contributed by atoms with Crippen molar-refractivity contribution in [3.05, 3.63) is 17.5 Å². The summed E-state index contributed by atoms with van der Waals surface area (Å²) in [6.45, 7) is 4.12. The van der Waals surface area contributed by atoms with Crippen LogP contribution in [0.5, 0.6) is 0 Å². The molecule has 1 aromatic heterocycles. The van der Waals surface area contributed by atoms with Gasteiger partial charge in [0.05, 0.1) is 5.69 Å². The molecule has 1 aromatic rings. The molecule has 13 heavy (non-hydrogen) atoms. The fourth-order valence-corrected chi connectivity index (χ4v) is 1.77. The monoisotopic (exact) mass is 182 g/mol. The van der Waals surface area contributed by atoms with E-state index in [9.17, 15) is 4.39 Å². The molecule has 2 rings (SSSR count). The summed E-state index contributed by atoms with van der Waals surface area (Å²) in [6, 6.07) is 0.331. The first kappa shape index (κ1) is 8.73. The van der Waals surface area contributed by atoms with Gasteiger partial charge in [0.2, 0.25) is 0 Å². The van der Waals surface area contributed by atoms with Gasteiger partial charge in [-0.15, -0.1) is 0 Å². The van der Waals surface area contributed by atoms with Crippen LogP contribution >= 0.6 is 0 Å². The molecule has 72 valence electrons. The highest BCUT2D eigenvalue weighted by Crippen LogP contribution is 2.31. The quantitative estimate of drug-likeness (QED) is 0.653. The Morgan fingerprint density at radius 1 is 1.62 bits per heavy atom. The molecule has 0 aromatic carbocycles. The second-order valence-electron chi connectivity index (χ2n) is 3.97. The van der Waals surface area contributed by atoms with Crippen LogP contribution in [0, 0.1) is 0 Å². The number of nitrogens with zero attached hydrogens (tertiary/aromatic N) is 2. The minimum absolute atomic E-state index is 0.331. The summed E-state index contributed by atoms with van der Waals surface area (Å²) in [5.41, 5.74) is 1.78. The topological polar surface area (TPSA) is 17.8 Å². The SMILES string of the molecule is CC(C)n1cc2c(n1)C(F)CCC2. The lowest BCUT2D eigenvalue weighted by molar-refractivity contribution is 0.293. The van der Waals surface area contributed by atoms with Gasteiger partial charge in [-0.3, -0.25) is 4.68 Å². The van der Waals surface area contributed by atoms with Crippen LogP contribution in [0.2, 0.25) is 0 Å². The molecule has 1 aliphatic rings. The number of hydrogen-bond donors (Lipinski definition) is 0. The van der Waals surface area contributed by atoms with E-state index in [4.69, 9.17) is 0 Å². The minimum atomic E-state index is -0.830. The average Bonchev–Trinajstić information content (AvgIpc) is 2.49. The second-order valence-corrected chi connectivity index (χ2v) is 3.97. The number of aryl methyl sites for hydroxylation is 1. The maximum absolute atomic E-state index is 13.4. The predicted octanol–water partition coefficient (Wildman–Crippen LogP) is 2.81. The molecule has 3 heteroatoms. The Balaban J connectivity index is 2.36. The summed E-state index contributed by atoms with van der Waals surface area (Å²) >= 11 is 0. The van der Waals surface area contributed by atoms with Crippen LogP contribution in [0.4, 0.5) is 4.39 Å². The van der Waals surface area contributed by atoms with Crippen molar-refractivity contribution >= 4 is 0 Å². The smallest absolute Gasteiger partial charge is 0.144 e. The normalized spacial score (nSPS) is 22.0. The van der Waals surface area contributed by atoms with Crippen LogP contribution in [0.25, 0.3) is 0 Å². The number of halogens is 1. The summed E-state index contributed by atoms with van der Waals surface area (Å²) in [4.78, 5) is 0.